The molecule has 0 radical (unpaired) electrons. The number of benzene rings is 10. The van der Waals surface area contributed by atoms with Gasteiger partial charge in [-0.3, -0.25) is 14.4 Å². The highest BCUT2D eigenvalue weighted by atomic mass is 28.4. The zero-order chi connectivity index (χ0) is 74.7. The molecule has 2 heterocycles. The molecule has 5 atom stereocenters. The van der Waals surface area contributed by atoms with Crippen LogP contribution in [0.3, 0.4) is 0 Å². The molecule has 12 nitrogen and oxygen atoms in total. The molecule has 16 heteroatoms. The van der Waals surface area contributed by atoms with Crippen molar-refractivity contribution >= 4 is 97.7 Å². The molecule has 11 aromatic rings. The summed E-state index contributed by atoms with van der Waals surface area (Å²) in [4.78, 5) is 85.5. The second kappa shape index (κ2) is 30.3. The lowest BCUT2D eigenvalue weighted by Gasteiger charge is -2.49. The van der Waals surface area contributed by atoms with Crippen LogP contribution >= 0.6 is 0 Å². The van der Waals surface area contributed by atoms with Crippen molar-refractivity contribution < 1.29 is 51.8 Å². The number of rotatable bonds is 24. The van der Waals surface area contributed by atoms with Gasteiger partial charge in [0.2, 0.25) is 17.5 Å². The molecule has 1 aliphatic heterocycles. The van der Waals surface area contributed by atoms with Crippen LogP contribution in [0.25, 0.3) is 22.3 Å². The van der Waals surface area contributed by atoms with Gasteiger partial charge in [-0.05, 0) is 111 Å². The lowest BCUT2D eigenvalue weighted by molar-refractivity contribution is -0.262. The van der Waals surface area contributed by atoms with Gasteiger partial charge in [-0.2, -0.15) is 0 Å². The summed E-state index contributed by atoms with van der Waals surface area (Å²) in [7, 11) is -14.8. The van der Waals surface area contributed by atoms with Crippen molar-refractivity contribution in [1.82, 2.24) is 0 Å². The SMILES string of the molecule is CC(=O)OC1C(C)OC(Oc2c(-c3ccc(CC(C)(C)[Si](O)(c4ccccc4)c4ccccc4)cc3)oc3cc(CC(C)(C)[Si](O)(c4ccccc4)c4ccccc4)cc(O[Si](c4ccccc4)(c4ccccc4)C(C)(C)C)c3c2=O)C(CC(C)(C)[Si](O)(c2ccccc2)c2ccccc2)C1OC(C)=O. The molecule has 3 N–H and O–H groups in total. The first kappa shape index (κ1) is 75.3. The van der Waals surface area contributed by atoms with Crippen LogP contribution < -0.4 is 56.1 Å². The lowest BCUT2D eigenvalue weighted by Crippen LogP contribution is -2.68. The topological polar surface area (TPSA) is 171 Å². The Morgan fingerprint density at radius 1 is 0.438 bits per heavy atom. The van der Waals surface area contributed by atoms with Crippen LogP contribution in [0.1, 0.15) is 101 Å². The highest BCUT2D eigenvalue weighted by Crippen LogP contribution is 2.50. The molecular formula is C89H96O12Si4. The van der Waals surface area contributed by atoms with Crippen molar-refractivity contribution in [2.75, 3.05) is 0 Å². The summed E-state index contributed by atoms with van der Waals surface area (Å²) in [6.45, 7) is 23.3. The largest absolute Gasteiger partial charge is 0.533 e. The summed E-state index contributed by atoms with van der Waals surface area (Å²) in [5.41, 5.74) is 1.69. The van der Waals surface area contributed by atoms with Gasteiger partial charge >= 0.3 is 20.3 Å². The van der Waals surface area contributed by atoms with Gasteiger partial charge in [-0.1, -0.05) is 329 Å². The van der Waals surface area contributed by atoms with E-state index in [0.717, 1.165) is 52.6 Å². The van der Waals surface area contributed by atoms with Gasteiger partial charge in [0.15, 0.2) is 11.9 Å². The van der Waals surface area contributed by atoms with Crippen molar-refractivity contribution in [3.8, 4) is 22.8 Å². The fourth-order valence-corrected chi connectivity index (χ4v) is 32.1. The summed E-state index contributed by atoms with van der Waals surface area (Å²) in [5.74, 6) is -2.32. The second-order valence-electron chi connectivity index (χ2n) is 31.2. The number of hydrogen-bond donors (Lipinski definition) is 3. The molecule has 1 fully saturated rings. The second-order valence-corrected chi connectivity index (χ2v) is 47.2. The van der Waals surface area contributed by atoms with Crippen LogP contribution in [-0.4, -0.2) is 84.2 Å². The Hall–Kier alpha value is -9.34. The maximum Gasteiger partial charge on any atom is 0.319 e. The highest BCUT2D eigenvalue weighted by Gasteiger charge is 2.59. The summed E-state index contributed by atoms with van der Waals surface area (Å²) in [6, 6.07) is 90.9. The molecule has 1 saturated heterocycles. The fraction of sp³-hybridized carbons (Fsp3) is 0.270. The minimum absolute atomic E-state index is 0.0376. The molecule has 540 valence electrons. The summed E-state index contributed by atoms with van der Waals surface area (Å²) in [5, 5.41) is 3.67. The Morgan fingerprint density at radius 2 is 0.781 bits per heavy atom. The van der Waals surface area contributed by atoms with E-state index in [-0.39, 0.29) is 34.6 Å². The van der Waals surface area contributed by atoms with E-state index >= 15 is 4.79 Å². The van der Waals surface area contributed by atoms with Crippen molar-refractivity contribution in [3.63, 3.8) is 0 Å². The molecule has 10 aromatic carbocycles. The predicted octanol–water partition coefficient (Wildman–Crippen LogP) is 13.1. The predicted molar refractivity (Wildman–Crippen MR) is 430 cm³/mol. The highest BCUT2D eigenvalue weighted by molar-refractivity contribution is 7.01. The van der Waals surface area contributed by atoms with Gasteiger partial charge in [0.1, 0.15) is 22.8 Å². The zero-order valence-corrected chi connectivity index (χ0v) is 66.1. The summed E-state index contributed by atoms with van der Waals surface area (Å²) in [6.07, 6.45) is -4.07. The Balaban J connectivity index is 1.12. The Labute approximate surface area is 621 Å². The lowest BCUT2D eigenvalue weighted by atomic mass is 9.84. The molecule has 0 saturated carbocycles. The smallest absolute Gasteiger partial charge is 0.319 e. The van der Waals surface area contributed by atoms with Crippen LogP contribution in [0.2, 0.25) is 20.2 Å². The summed E-state index contributed by atoms with van der Waals surface area (Å²) >= 11 is 0. The van der Waals surface area contributed by atoms with Gasteiger partial charge in [0.25, 0.3) is 25.0 Å². The van der Waals surface area contributed by atoms with E-state index in [1.54, 1.807) is 6.92 Å². The van der Waals surface area contributed by atoms with E-state index in [0.29, 0.717) is 18.4 Å². The Bertz CT molecular complexity index is 4690. The van der Waals surface area contributed by atoms with E-state index in [2.05, 4.69) is 72.7 Å². The number of esters is 2. The van der Waals surface area contributed by atoms with Gasteiger partial charge < -0.3 is 42.2 Å². The molecule has 12 rings (SSSR count). The minimum atomic E-state index is -3.91. The monoisotopic (exact) mass is 1470 g/mol. The third-order valence-corrected chi connectivity index (χ3v) is 40.1. The van der Waals surface area contributed by atoms with Crippen LogP contribution in [0.15, 0.2) is 288 Å². The van der Waals surface area contributed by atoms with E-state index in [4.69, 9.17) is 27.8 Å². The first-order valence-corrected chi connectivity index (χ1v) is 44.0. The molecular weight excluding hydrogens is 1370 g/mol. The van der Waals surface area contributed by atoms with Crippen molar-refractivity contribution in [2.45, 2.75) is 147 Å². The van der Waals surface area contributed by atoms with Crippen LogP contribution in [0, 0.1) is 5.92 Å². The van der Waals surface area contributed by atoms with Crippen LogP contribution in [-0.2, 0) is 36.6 Å². The quantitative estimate of drug-likeness (QED) is 0.0387. The number of hydrogen-bond acceptors (Lipinski definition) is 12. The number of ether oxygens (including phenoxy) is 4. The minimum Gasteiger partial charge on any atom is -0.533 e. The van der Waals surface area contributed by atoms with Crippen molar-refractivity contribution in [1.29, 1.82) is 0 Å². The molecule has 5 unspecified atom stereocenters. The number of carbonyl (C=O) groups is 2. The first-order valence-electron chi connectivity index (χ1n) is 36.2. The fourth-order valence-electron chi connectivity index (χ4n) is 16.5. The zero-order valence-electron chi connectivity index (χ0n) is 62.1. The average Bonchev–Trinajstić information content (AvgIpc) is 0.723. The van der Waals surface area contributed by atoms with Gasteiger partial charge in [-0.15, -0.1) is 0 Å². The first-order chi connectivity index (χ1) is 50.0. The van der Waals surface area contributed by atoms with Crippen molar-refractivity contribution in [2.24, 2.45) is 5.92 Å². The van der Waals surface area contributed by atoms with Crippen molar-refractivity contribution in [3.05, 3.63) is 300 Å². The standard InChI is InChI=1S/C89H96O12Si4/c1-62-81(97-63(2)90)83(98-64(3)91)76(61-89(11,12)104(95,72-45-29-17-30-46-72)73-47-31-18-32-48-73)85(96-62)100-84-80(92)79-77(99-82(84)67-55-53-65(54-56-67)59-87(7,8)102(93,68-37-21-13-22-38-68)69-39-23-14-24-40-69)57-66(60-88(9,10)103(94,70-41-25-15-26-42-70)71-43-27-16-28-44-71)58-78(79)101-105(86(4,5)6,74-49-33-19-34-50-74)75-51-35-20-36-52-75/h13-58,62,76,81,83,85,93-95H,59-61H2,1-12H3. The molecule has 0 spiro atoms. The van der Waals surface area contributed by atoms with Gasteiger partial charge in [0, 0.05) is 19.4 Å². The number of carbonyl (C=O) groups excluding carboxylic acids is 2. The molecule has 1 aromatic heterocycles. The van der Waals surface area contributed by atoms with Gasteiger partial charge in [-0.25, -0.2) is 0 Å². The van der Waals surface area contributed by atoms with Crippen LogP contribution in [0.4, 0.5) is 0 Å². The van der Waals surface area contributed by atoms with E-state index in [9.17, 15) is 24.0 Å². The molecule has 0 amide bonds. The maximum atomic E-state index is 17.3. The molecule has 1 aliphatic rings. The normalized spacial score (nSPS) is 17.0. The number of fused-ring (bicyclic) bond motifs is 1. The third kappa shape index (κ3) is 14.5. The van der Waals surface area contributed by atoms with Crippen LogP contribution in [0.5, 0.6) is 11.5 Å². The molecule has 0 aliphatic carbocycles. The Kier molecular flexibility index (Phi) is 21.7. The van der Waals surface area contributed by atoms with E-state index < -0.39 is 101 Å². The van der Waals surface area contributed by atoms with E-state index in [1.165, 1.54) is 13.8 Å². The maximum absolute atomic E-state index is 17.3. The summed E-state index contributed by atoms with van der Waals surface area (Å²) < 4.78 is 42.8. The molecule has 0 bridgehead atoms. The third-order valence-electron chi connectivity index (χ3n) is 21.7. The average molecular weight is 1470 g/mol. The van der Waals surface area contributed by atoms with Gasteiger partial charge in [0.05, 0.1) is 12.0 Å². The Morgan fingerprint density at radius 3 is 1.14 bits per heavy atom. The van der Waals surface area contributed by atoms with E-state index in [1.807, 2.05) is 269 Å². The molecule has 105 heavy (non-hydrogen) atoms.